The lowest BCUT2D eigenvalue weighted by Crippen LogP contribution is -2.40. The Hall–Kier alpha value is -1.81. The van der Waals surface area contributed by atoms with Gasteiger partial charge >= 0.3 is 12.1 Å². The molecule has 1 aliphatic carbocycles. The van der Waals surface area contributed by atoms with Crippen LogP contribution in [0.5, 0.6) is 0 Å². The van der Waals surface area contributed by atoms with E-state index in [1.807, 2.05) is 0 Å². The monoisotopic (exact) mass is 453 g/mol. The number of carbonyl (C=O) groups is 1. The van der Waals surface area contributed by atoms with Crippen molar-refractivity contribution in [1.29, 1.82) is 0 Å². The topological polar surface area (TPSA) is 52.3 Å². The first-order valence-corrected chi connectivity index (χ1v) is 8.69. The molecule has 0 bridgehead atoms. The van der Waals surface area contributed by atoms with E-state index in [-0.39, 0.29) is 22.6 Å². The summed E-state index contributed by atoms with van der Waals surface area (Å²) >= 11 is 3.18. The number of rotatable bonds is 7. The number of ketones is 1. The molecule has 0 amide bonds. The number of alkyl halides is 5. The molecule has 4 nitrogen and oxygen atoms in total. The summed E-state index contributed by atoms with van der Waals surface area (Å²) in [5, 5.41) is 3.83. The highest BCUT2D eigenvalue weighted by Gasteiger charge is 2.57. The van der Waals surface area contributed by atoms with Gasteiger partial charge in [-0.05, 0) is 36.6 Å². The van der Waals surface area contributed by atoms with E-state index >= 15 is 0 Å². The van der Waals surface area contributed by atoms with E-state index in [9.17, 15) is 26.7 Å². The van der Waals surface area contributed by atoms with Gasteiger partial charge in [-0.25, -0.2) is 0 Å². The van der Waals surface area contributed by atoms with Gasteiger partial charge in [-0.15, -0.1) is 0 Å². The van der Waals surface area contributed by atoms with Crippen LogP contribution in [0, 0.1) is 0 Å². The number of ether oxygens (including phenoxy) is 1. The van der Waals surface area contributed by atoms with Gasteiger partial charge < -0.3 is 9.26 Å². The Labute approximate surface area is 158 Å². The molecule has 0 spiro atoms. The number of carbonyl (C=O) groups excluding carboxylic acids is 1. The van der Waals surface area contributed by atoms with Crippen molar-refractivity contribution in [2.75, 3.05) is 6.61 Å². The van der Waals surface area contributed by atoms with E-state index in [0.717, 1.165) is 12.8 Å². The average Bonchev–Trinajstić information content (AvgIpc) is 3.30. The molecule has 1 aromatic carbocycles. The zero-order valence-electron chi connectivity index (χ0n) is 13.7. The molecule has 0 N–H and O–H groups in total. The van der Waals surface area contributed by atoms with Gasteiger partial charge in [0.2, 0.25) is 0 Å². The third-order valence-corrected chi connectivity index (χ3v) is 4.57. The predicted molar refractivity (Wildman–Crippen MR) is 86.7 cm³/mol. The molecule has 0 atom stereocenters. The number of aromatic nitrogens is 1. The summed E-state index contributed by atoms with van der Waals surface area (Å²) in [7, 11) is 0. The van der Waals surface area contributed by atoms with Crippen molar-refractivity contribution >= 4 is 21.7 Å². The second-order valence-corrected chi connectivity index (χ2v) is 7.13. The largest absolute Gasteiger partial charge is 0.455 e. The smallest absolute Gasteiger partial charge is 0.370 e. The Morgan fingerprint density at radius 3 is 2.56 bits per heavy atom. The van der Waals surface area contributed by atoms with E-state index < -0.39 is 31.1 Å². The number of hydrogen-bond donors (Lipinski definition) is 0. The first kappa shape index (κ1) is 19.9. The first-order chi connectivity index (χ1) is 12.6. The average molecular weight is 454 g/mol. The van der Waals surface area contributed by atoms with Crippen molar-refractivity contribution < 1.29 is 36.0 Å². The summed E-state index contributed by atoms with van der Waals surface area (Å²) in [5.74, 6) is -5.29. The van der Waals surface area contributed by atoms with Gasteiger partial charge in [-0.3, -0.25) is 4.79 Å². The van der Waals surface area contributed by atoms with Crippen molar-refractivity contribution in [2.24, 2.45) is 0 Å². The molecule has 1 fully saturated rings. The van der Waals surface area contributed by atoms with Gasteiger partial charge in [0.1, 0.15) is 12.9 Å². The molecule has 3 rings (SSSR count). The lowest BCUT2D eigenvalue weighted by atomic mass is 9.98. The van der Waals surface area contributed by atoms with Gasteiger partial charge in [-0.2, -0.15) is 22.0 Å². The maximum Gasteiger partial charge on any atom is 0.455 e. The molecule has 0 unspecified atom stereocenters. The lowest BCUT2D eigenvalue weighted by molar-refractivity contribution is -0.297. The van der Waals surface area contributed by atoms with Gasteiger partial charge in [0.05, 0.1) is 17.9 Å². The van der Waals surface area contributed by atoms with Crippen molar-refractivity contribution in [3.05, 3.63) is 51.3 Å². The highest BCUT2D eigenvalue weighted by molar-refractivity contribution is 9.10. The van der Waals surface area contributed by atoms with Gasteiger partial charge in [0.15, 0.2) is 5.78 Å². The SMILES string of the molecule is O=C(c1ccc(Br)cc1COCC(F)(F)C(F)(F)F)c1conc1C1CC1. The standard InChI is InChI=1S/C17H13BrF5NO3/c18-11-3-4-12(15(25)13-7-27-24-14(13)9-1-2-9)10(5-11)6-26-8-16(19,20)17(21,22)23/h3-5,7,9H,1-2,6,8H2. The molecule has 0 saturated heterocycles. The third-order valence-electron chi connectivity index (χ3n) is 4.07. The second-order valence-electron chi connectivity index (χ2n) is 6.21. The van der Waals surface area contributed by atoms with E-state index in [0.29, 0.717) is 10.2 Å². The summed E-state index contributed by atoms with van der Waals surface area (Å²) in [5.41, 5.74) is 1.08. The minimum absolute atomic E-state index is 0.124. The van der Waals surface area contributed by atoms with Gasteiger partial charge in [0.25, 0.3) is 0 Å². The molecule has 146 valence electrons. The van der Waals surface area contributed by atoms with Crippen molar-refractivity contribution in [3.8, 4) is 0 Å². The molecule has 0 radical (unpaired) electrons. The van der Waals surface area contributed by atoms with Crippen molar-refractivity contribution in [3.63, 3.8) is 0 Å². The van der Waals surface area contributed by atoms with Crippen LogP contribution in [0.25, 0.3) is 0 Å². The third kappa shape index (κ3) is 4.37. The highest BCUT2D eigenvalue weighted by Crippen LogP contribution is 2.41. The molecular weight excluding hydrogens is 441 g/mol. The van der Waals surface area contributed by atoms with Crippen LogP contribution in [0.2, 0.25) is 0 Å². The van der Waals surface area contributed by atoms with Crippen LogP contribution in [0.3, 0.4) is 0 Å². The van der Waals surface area contributed by atoms with Crippen LogP contribution in [0.1, 0.15) is 45.9 Å². The quantitative estimate of drug-likeness (QED) is 0.423. The summed E-state index contributed by atoms with van der Waals surface area (Å²) in [6.45, 7) is -2.42. The first-order valence-electron chi connectivity index (χ1n) is 7.90. The summed E-state index contributed by atoms with van der Waals surface area (Å²) in [6, 6.07) is 4.44. The number of nitrogens with zero attached hydrogens (tertiary/aromatic N) is 1. The Morgan fingerprint density at radius 2 is 1.93 bits per heavy atom. The van der Waals surface area contributed by atoms with Crippen molar-refractivity contribution in [1.82, 2.24) is 5.16 Å². The van der Waals surface area contributed by atoms with E-state index in [1.54, 1.807) is 6.07 Å². The fourth-order valence-electron chi connectivity index (χ4n) is 2.49. The van der Waals surface area contributed by atoms with Crippen LogP contribution in [-0.2, 0) is 11.3 Å². The molecule has 1 saturated carbocycles. The zero-order chi connectivity index (χ0) is 19.8. The maximum atomic E-state index is 13.0. The number of halogens is 6. The molecule has 27 heavy (non-hydrogen) atoms. The fraction of sp³-hybridized carbons (Fsp3) is 0.412. The molecular formula is C17H13BrF5NO3. The predicted octanol–water partition coefficient (Wildman–Crippen LogP) is 5.26. The fourth-order valence-corrected chi connectivity index (χ4v) is 2.89. The summed E-state index contributed by atoms with van der Waals surface area (Å²) < 4.78 is 72.7. The zero-order valence-corrected chi connectivity index (χ0v) is 15.2. The maximum absolute atomic E-state index is 13.0. The Bertz CT molecular complexity index is 845. The molecule has 10 heteroatoms. The Morgan fingerprint density at radius 1 is 1.22 bits per heavy atom. The van der Waals surface area contributed by atoms with Crippen LogP contribution in [0.4, 0.5) is 22.0 Å². The summed E-state index contributed by atoms with van der Waals surface area (Å²) in [6.07, 6.45) is -2.73. The minimum atomic E-state index is -5.70. The molecule has 2 aromatic rings. The Balaban J connectivity index is 1.79. The normalized spacial score (nSPS) is 15.2. The van der Waals surface area contributed by atoms with Crippen LogP contribution < -0.4 is 0 Å². The van der Waals surface area contributed by atoms with E-state index in [2.05, 4.69) is 25.8 Å². The van der Waals surface area contributed by atoms with Gasteiger partial charge in [-0.1, -0.05) is 21.1 Å². The molecule has 1 aromatic heterocycles. The second kappa shape index (κ2) is 7.31. The summed E-state index contributed by atoms with van der Waals surface area (Å²) in [4.78, 5) is 12.8. The molecule has 1 heterocycles. The highest BCUT2D eigenvalue weighted by atomic mass is 79.9. The van der Waals surface area contributed by atoms with Crippen molar-refractivity contribution in [2.45, 2.75) is 37.5 Å². The van der Waals surface area contributed by atoms with E-state index in [1.165, 1.54) is 18.4 Å². The van der Waals surface area contributed by atoms with Crippen LogP contribution >= 0.6 is 15.9 Å². The van der Waals surface area contributed by atoms with E-state index in [4.69, 9.17) is 4.52 Å². The van der Waals surface area contributed by atoms with Crippen LogP contribution in [0.15, 0.2) is 33.5 Å². The van der Waals surface area contributed by atoms with Crippen LogP contribution in [-0.4, -0.2) is 29.6 Å². The number of benzene rings is 1. The number of hydrogen-bond acceptors (Lipinski definition) is 4. The molecule has 0 aliphatic heterocycles. The molecule has 1 aliphatic rings. The van der Waals surface area contributed by atoms with Gasteiger partial charge in [0, 0.05) is 16.0 Å². The minimum Gasteiger partial charge on any atom is -0.370 e. The Kier molecular flexibility index (Phi) is 5.40. The lowest BCUT2D eigenvalue weighted by Gasteiger charge is -2.19.